The molecule has 16 nitrogen and oxygen atoms in total. The van der Waals surface area contributed by atoms with E-state index in [0.29, 0.717) is 36.8 Å². The molecule has 1 saturated carbocycles. The normalized spacial score (nSPS) is 18.4. The molecule has 0 bridgehead atoms. The molecule has 1 aromatic rings. The van der Waals surface area contributed by atoms with Crippen LogP contribution in [0.15, 0.2) is 48.7 Å². The van der Waals surface area contributed by atoms with Gasteiger partial charge in [-0.1, -0.05) is 94.2 Å². The second-order valence-electron chi connectivity index (χ2n) is 12.2. The zero-order valence-corrected chi connectivity index (χ0v) is 37.5. The smallest absolute Gasteiger partial charge is 0.687 e. The summed E-state index contributed by atoms with van der Waals surface area (Å²) in [4.78, 5) is 0. The Morgan fingerprint density at radius 2 is 0.719 bits per heavy atom. The molecule has 1 aliphatic carbocycles. The molecule has 0 spiro atoms. The van der Waals surface area contributed by atoms with Crippen LogP contribution >= 0.6 is 0 Å². The number of piperidine rings is 3. The van der Waals surface area contributed by atoms with Crippen molar-refractivity contribution in [2.45, 2.75) is 109 Å². The molecular formula is C36H70Co5N4O12. The van der Waals surface area contributed by atoms with E-state index in [0.717, 1.165) is 45.8 Å². The van der Waals surface area contributed by atoms with Crippen molar-refractivity contribution in [1.82, 2.24) is 0 Å². The van der Waals surface area contributed by atoms with Crippen molar-refractivity contribution in [1.29, 1.82) is 0 Å². The van der Waals surface area contributed by atoms with Crippen molar-refractivity contribution in [2.24, 2.45) is 11.8 Å². The van der Waals surface area contributed by atoms with Crippen LogP contribution < -0.4 is 0 Å². The van der Waals surface area contributed by atoms with Gasteiger partial charge < -0.3 is 84.0 Å². The Morgan fingerprint density at radius 3 is 0.825 bits per heavy atom. The van der Waals surface area contributed by atoms with Crippen molar-refractivity contribution in [2.75, 3.05) is 45.8 Å². The first-order valence-corrected chi connectivity index (χ1v) is 17.6. The average molecular weight is 1050 g/mol. The monoisotopic (exact) mass is 1050 g/mol. The predicted octanol–water partition coefficient (Wildman–Crippen LogP) is 1.83. The Bertz CT molecular complexity index is 811. The molecule has 16 N–H and O–H groups in total. The van der Waals surface area contributed by atoms with Crippen molar-refractivity contribution in [3.8, 4) is 0 Å². The van der Waals surface area contributed by atoms with E-state index in [-0.39, 0.29) is 118 Å². The Labute approximate surface area is 391 Å². The molecular weight excluding hydrogens is 975 g/mol. The first kappa shape index (κ1) is 78.0. The van der Waals surface area contributed by atoms with Crippen LogP contribution in [-0.2, 0) is 83.9 Å². The zero-order chi connectivity index (χ0) is 35.2. The number of rotatable bonds is 4. The number of hydrogen-bond acceptors (Lipinski definition) is 8. The van der Waals surface area contributed by atoms with Gasteiger partial charge in [-0.05, 0) is 25.7 Å². The molecule has 6 rings (SSSR count). The summed E-state index contributed by atoms with van der Waals surface area (Å²) in [5.74, 6) is -0.167. The van der Waals surface area contributed by atoms with Crippen molar-refractivity contribution in [3.63, 3.8) is 0 Å². The quantitative estimate of drug-likeness (QED) is 0.205. The summed E-state index contributed by atoms with van der Waals surface area (Å²) >= 11 is 0. The van der Waals surface area contributed by atoms with E-state index in [9.17, 15) is 0 Å². The van der Waals surface area contributed by atoms with Gasteiger partial charge >= 0.3 is 33.6 Å². The van der Waals surface area contributed by atoms with E-state index in [1.165, 1.54) is 82.1 Å². The maximum atomic E-state index is 8.83. The van der Waals surface area contributed by atoms with E-state index < -0.39 is 25.2 Å². The molecule has 3 saturated heterocycles. The molecule has 0 atom stereocenters. The van der Waals surface area contributed by atoms with Crippen LogP contribution in [0.3, 0.4) is 0 Å². The van der Waals surface area contributed by atoms with Gasteiger partial charge in [-0.15, -0.1) is 51.9 Å². The van der Waals surface area contributed by atoms with Gasteiger partial charge in [0.25, 0.3) is 0 Å². The van der Waals surface area contributed by atoms with Gasteiger partial charge in [0.05, 0.1) is 0 Å². The van der Waals surface area contributed by atoms with E-state index in [1.54, 1.807) is 6.20 Å². The number of hydrogen-bond donors (Lipinski definition) is 8. The third-order valence-electron chi connectivity index (χ3n) is 8.24. The minimum absolute atomic E-state index is 0. The summed E-state index contributed by atoms with van der Waals surface area (Å²) in [6.45, 7) is 7.61. The van der Waals surface area contributed by atoms with Crippen molar-refractivity contribution in [3.05, 3.63) is 81.1 Å². The van der Waals surface area contributed by atoms with Crippen LogP contribution in [0.2, 0.25) is 0 Å². The maximum absolute atomic E-state index is 8.83. The van der Waals surface area contributed by atoms with Gasteiger partial charge in [0.15, 0.2) is 25.2 Å². The first-order valence-electron chi connectivity index (χ1n) is 17.6. The van der Waals surface area contributed by atoms with Gasteiger partial charge in [-0.2, -0.15) is 6.20 Å². The average Bonchev–Trinajstić information content (AvgIpc) is 3.16. The summed E-state index contributed by atoms with van der Waals surface area (Å²) in [6.07, 6.45) is 17.1. The second-order valence-corrected chi connectivity index (χ2v) is 12.2. The Morgan fingerprint density at radius 1 is 0.439 bits per heavy atom. The van der Waals surface area contributed by atoms with Crippen LogP contribution in [0.5, 0.6) is 0 Å². The molecule has 57 heavy (non-hydrogen) atoms. The third kappa shape index (κ3) is 45.8. The molecule has 5 aliphatic rings. The molecule has 4 fully saturated rings. The first-order chi connectivity index (χ1) is 23.2. The Hall–Kier alpha value is 0.432. The fourth-order valence-electron chi connectivity index (χ4n) is 5.16. The summed E-state index contributed by atoms with van der Waals surface area (Å²) < 4.78 is 0. The topological polar surface area (TPSA) is 344 Å². The van der Waals surface area contributed by atoms with Gasteiger partial charge in [0.2, 0.25) is 0 Å². The molecule has 0 aromatic heterocycles. The van der Waals surface area contributed by atoms with Crippen molar-refractivity contribution < 1.29 is 147 Å². The fraction of sp³-hybridized carbons (Fsp3) is 0.722. The molecule has 0 unspecified atom stereocenters. The summed E-state index contributed by atoms with van der Waals surface area (Å²) in [5, 5.41) is 86.5. The number of aliphatic hydroxyl groups excluding tert-OH is 4. The molecule has 4 aliphatic heterocycles. The van der Waals surface area contributed by atoms with Gasteiger partial charge in [0.1, 0.15) is 0 Å². The number of allylic oxidation sites excluding steroid dienone is 2. The third-order valence-corrected chi connectivity index (χ3v) is 8.24. The standard InChI is InChI=1S/C8H16O4.C8H10O4.3C5H10N.C5H6N.5Co.4H2O/c2*9-7(10)5-1-2-6(4-3-5)8(11)12;4*1-2-4-6-5-3-1;;;;;;;;;/h5-12H,1-4H2;1-4,7-12H;3*1-5H2;1-4H,5H2;;;;;;4*1H2/q;;4*-1;;;;2*+2;;;;. The molecule has 5 radical (unpaired) electrons. The zero-order valence-electron chi connectivity index (χ0n) is 32.3. The largest absolute Gasteiger partial charge is 2.00 e. The van der Waals surface area contributed by atoms with Crippen LogP contribution in [0, 0.1) is 11.8 Å². The molecule has 1 aromatic carbocycles. The molecule has 351 valence electrons. The summed E-state index contributed by atoms with van der Waals surface area (Å²) in [5.41, 5.74) is 0.638. The Balaban J connectivity index is -0.0000000688. The summed E-state index contributed by atoms with van der Waals surface area (Å²) in [6, 6.07) is 5.66. The minimum Gasteiger partial charge on any atom is -0.687 e. The van der Waals surface area contributed by atoms with Crippen LogP contribution in [0.4, 0.5) is 0 Å². The molecule has 21 heteroatoms. The van der Waals surface area contributed by atoms with E-state index >= 15 is 0 Å². The van der Waals surface area contributed by atoms with Gasteiger partial charge in [-0.25, -0.2) is 0 Å². The van der Waals surface area contributed by atoms with Gasteiger partial charge in [0, 0.05) is 73.3 Å². The SMILES string of the molecule is C1=CC[N-]C=C1.C1CC[N-]CC1.C1CC[N-]CC1.C1CC[N-]CC1.O.O.O.O.OC(O)C1CCC(C(O)O)CC1.OC(O)c1ccc(C(O)O)cc1.[Co+2].[Co+2].[Co].[Co].[Co]. The van der Waals surface area contributed by atoms with E-state index in [2.05, 4.69) is 21.3 Å². The molecule has 4 heterocycles. The minimum atomic E-state index is -1.52. The fourth-order valence-corrected chi connectivity index (χ4v) is 5.16. The van der Waals surface area contributed by atoms with Gasteiger partial charge in [-0.3, -0.25) is 0 Å². The second kappa shape index (κ2) is 54.5. The number of benzene rings is 1. The number of aliphatic hydroxyl groups is 8. The Kier molecular flexibility index (Phi) is 74.5. The van der Waals surface area contributed by atoms with Crippen LogP contribution in [0.25, 0.3) is 21.3 Å². The van der Waals surface area contributed by atoms with E-state index in [1.807, 2.05) is 18.2 Å². The maximum Gasteiger partial charge on any atom is 2.00 e. The predicted molar refractivity (Wildman–Crippen MR) is 204 cm³/mol. The van der Waals surface area contributed by atoms with Crippen molar-refractivity contribution >= 4 is 0 Å². The van der Waals surface area contributed by atoms with Crippen LogP contribution in [0.1, 0.15) is 107 Å². The molecule has 0 amide bonds. The van der Waals surface area contributed by atoms with Crippen LogP contribution in [-0.4, -0.2) is 121 Å². The number of nitrogens with zero attached hydrogens (tertiary/aromatic N) is 4. The van der Waals surface area contributed by atoms with E-state index in [4.69, 9.17) is 40.9 Å². The summed E-state index contributed by atoms with van der Waals surface area (Å²) in [7, 11) is 0.